The molecule has 0 unspecified atom stereocenters. The number of hydrogen-bond acceptors (Lipinski definition) is 3. The number of carbonyl (C=O) groups excluding carboxylic acids is 1. The number of benzene rings is 2. The standard InChI is InChI=1S/C27H24Cl2FN3O/c28-24-15-20(16-25(29)31-24)26(34)33-18-27(22-17-21(30)8-9-23(22)33)10-13-32(14-11-27)12-4-7-19-5-2-1-3-6-19/h1-9,15-17H,10-14,18H2. The number of pyridine rings is 1. The number of hydrogen-bond donors (Lipinski definition) is 0. The molecule has 4 nitrogen and oxygen atoms in total. The number of fused-ring (bicyclic) bond motifs is 2. The maximum Gasteiger partial charge on any atom is 0.258 e. The van der Waals surface area contributed by atoms with Crippen molar-refractivity contribution >= 4 is 40.9 Å². The Kier molecular flexibility index (Phi) is 6.43. The molecule has 0 radical (unpaired) electrons. The smallest absolute Gasteiger partial charge is 0.258 e. The molecule has 2 aliphatic rings. The summed E-state index contributed by atoms with van der Waals surface area (Å²) < 4.78 is 14.3. The Morgan fingerprint density at radius 1 is 1.03 bits per heavy atom. The molecule has 174 valence electrons. The lowest BCUT2D eigenvalue weighted by molar-refractivity contribution is 0.0977. The van der Waals surface area contributed by atoms with Crippen LogP contribution in [-0.4, -0.2) is 42.0 Å². The molecule has 1 aromatic heterocycles. The van der Waals surface area contributed by atoms with E-state index in [1.807, 2.05) is 18.2 Å². The third kappa shape index (κ3) is 4.61. The summed E-state index contributed by atoms with van der Waals surface area (Å²) in [5, 5.41) is 0.335. The summed E-state index contributed by atoms with van der Waals surface area (Å²) in [5.74, 6) is -0.486. The van der Waals surface area contributed by atoms with Crippen LogP contribution >= 0.6 is 23.2 Å². The molecule has 2 aliphatic heterocycles. The number of carbonyl (C=O) groups is 1. The second kappa shape index (κ2) is 9.49. The number of likely N-dealkylation sites (tertiary alicyclic amines) is 1. The molecular formula is C27H24Cl2FN3O. The number of anilines is 1. The van der Waals surface area contributed by atoms with Crippen molar-refractivity contribution in [2.24, 2.45) is 0 Å². The van der Waals surface area contributed by atoms with Crippen LogP contribution in [0.3, 0.4) is 0 Å². The first kappa shape index (κ1) is 23.0. The summed E-state index contributed by atoms with van der Waals surface area (Å²) in [4.78, 5) is 21.5. The fraction of sp³-hybridized carbons (Fsp3) is 0.259. The predicted molar refractivity (Wildman–Crippen MR) is 135 cm³/mol. The zero-order valence-corrected chi connectivity index (χ0v) is 20.1. The minimum atomic E-state index is -0.282. The first-order chi connectivity index (χ1) is 16.4. The number of aromatic nitrogens is 1. The van der Waals surface area contributed by atoms with Gasteiger partial charge in [0.1, 0.15) is 16.1 Å². The molecule has 1 amide bonds. The van der Waals surface area contributed by atoms with Crippen molar-refractivity contribution in [2.75, 3.05) is 31.1 Å². The van der Waals surface area contributed by atoms with Crippen LogP contribution in [0.4, 0.5) is 10.1 Å². The van der Waals surface area contributed by atoms with E-state index in [-0.39, 0.29) is 27.4 Å². The van der Waals surface area contributed by atoms with Gasteiger partial charge in [-0.25, -0.2) is 9.37 Å². The summed E-state index contributed by atoms with van der Waals surface area (Å²) >= 11 is 12.1. The fourth-order valence-electron chi connectivity index (χ4n) is 5.06. The maximum absolute atomic E-state index is 14.3. The quantitative estimate of drug-likeness (QED) is 0.402. The second-order valence-electron chi connectivity index (χ2n) is 8.95. The molecule has 3 heterocycles. The largest absolute Gasteiger partial charge is 0.307 e. The lowest BCUT2D eigenvalue weighted by Crippen LogP contribution is -2.46. The highest BCUT2D eigenvalue weighted by Gasteiger charge is 2.46. The van der Waals surface area contributed by atoms with Crippen molar-refractivity contribution in [3.63, 3.8) is 0 Å². The van der Waals surface area contributed by atoms with Crippen LogP contribution in [0, 0.1) is 5.82 Å². The Bertz CT molecular complexity index is 1220. The van der Waals surface area contributed by atoms with Crippen LogP contribution in [0.1, 0.15) is 34.3 Å². The number of halogens is 3. The second-order valence-corrected chi connectivity index (χ2v) is 9.72. The van der Waals surface area contributed by atoms with E-state index in [1.165, 1.54) is 23.8 Å². The van der Waals surface area contributed by atoms with E-state index in [4.69, 9.17) is 23.2 Å². The van der Waals surface area contributed by atoms with E-state index < -0.39 is 0 Å². The van der Waals surface area contributed by atoms with Gasteiger partial charge >= 0.3 is 0 Å². The van der Waals surface area contributed by atoms with Crippen molar-refractivity contribution < 1.29 is 9.18 Å². The zero-order valence-electron chi connectivity index (χ0n) is 18.6. The summed E-state index contributed by atoms with van der Waals surface area (Å²) in [5.41, 5.74) is 2.95. The number of rotatable bonds is 4. The average Bonchev–Trinajstić information content (AvgIpc) is 3.13. The average molecular weight is 496 g/mol. The molecule has 5 rings (SSSR count). The van der Waals surface area contributed by atoms with E-state index in [2.05, 4.69) is 34.2 Å². The molecule has 7 heteroatoms. The van der Waals surface area contributed by atoms with Crippen LogP contribution in [0.2, 0.25) is 10.3 Å². The topological polar surface area (TPSA) is 36.4 Å². The van der Waals surface area contributed by atoms with Gasteiger partial charge in [0.05, 0.1) is 0 Å². The molecule has 34 heavy (non-hydrogen) atoms. The van der Waals surface area contributed by atoms with Crippen molar-refractivity contribution in [1.82, 2.24) is 9.88 Å². The number of nitrogens with zero attached hydrogens (tertiary/aromatic N) is 3. The Hall–Kier alpha value is -2.73. The fourth-order valence-corrected chi connectivity index (χ4v) is 5.52. The van der Waals surface area contributed by atoms with Crippen LogP contribution in [0.15, 0.2) is 66.7 Å². The highest BCUT2D eigenvalue weighted by molar-refractivity contribution is 6.33. The highest BCUT2D eigenvalue weighted by atomic mass is 35.5. The highest BCUT2D eigenvalue weighted by Crippen LogP contribution is 2.47. The molecule has 0 aliphatic carbocycles. The van der Waals surface area contributed by atoms with Gasteiger partial charge in [0.25, 0.3) is 5.91 Å². The summed E-state index contributed by atoms with van der Waals surface area (Å²) in [7, 11) is 0. The summed E-state index contributed by atoms with van der Waals surface area (Å²) in [6, 6.07) is 18.0. The van der Waals surface area contributed by atoms with Gasteiger partial charge in [-0.3, -0.25) is 9.69 Å². The van der Waals surface area contributed by atoms with E-state index >= 15 is 0 Å². The first-order valence-corrected chi connectivity index (χ1v) is 12.1. The molecule has 1 saturated heterocycles. The minimum absolute atomic E-state index is 0.168. The zero-order chi connectivity index (χ0) is 23.7. The molecule has 3 aromatic rings. The van der Waals surface area contributed by atoms with Gasteiger partial charge in [-0.1, -0.05) is 65.7 Å². The monoisotopic (exact) mass is 495 g/mol. The predicted octanol–water partition coefficient (Wildman–Crippen LogP) is 6.23. The lowest BCUT2D eigenvalue weighted by atomic mass is 9.74. The SMILES string of the molecule is O=C(c1cc(Cl)nc(Cl)c1)N1CC2(CCN(CC=Cc3ccccc3)CC2)c2cc(F)ccc21. The van der Waals surface area contributed by atoms with Crippen LogP contribution < -0.4 is 4.90 Å². The third-order valence-corrected chi connectivity index (χ3v) is 7.21. The van der Waals surface area contributed by atoms with Gasteiger partial charge in [0, 0.05) is 29.8 Å². The molecule has 0 N–H and O–H groups in total. The van der Waals surface area contributed by atoms with Crippen molar-refractivity contribution in [3.05, 3.63) is 99.6 Å². The number of piperidine rings is 1. The van der Waals surface area contributed by atoms with Crippen molar-refractivity contribution in [3.8, 4) is 0 Å². The van der Waals surface area contributed by atoms with E-state index in [1.54, 1.807) is 17.0 Å². The molecule has 0 atom stereocenters. The molecule has 0 bridgehead atoms. The Morgan fingerprint density at radius 3 is 2.44 bits per heavy atom. The van der Waals surface area contributed by atoms with E-state index in [0.29, 0.717) is 12.1 Å². The Labute approximate surface area is 208 Å². The third-order valence-electron chi connectivity index (χ3n) is 6.82. The van der Waals surface area contributed by atoms with Gasteiger partial charge in [-0.2, -0.15) is 0 Å². The normalized spacial score (nSPS) is 17.4. The van der Waals surface area contributed by atoms with Crippen molar-refractivity contribution in [1.29, 1.82) is 0 Å². The lowest BCUT2D eigenvalue weighted by Gasteiger charge is -2.39. The Morgan fingerprint density at radius 2 is 1.74 bits per heavy atom. The van der Waals surface area contributed by atoms with Gasteiger partial charge in [0.15, 0.2) is 0 Å². The first-order valence-electron chi connectivity index (χ1n) is 11.3. The van der Waals surface area contributed by atoms with Crippen LogP contribution in [0.5, 0.6) is 0 Å². The molecule has 0 saturated carbocycles. The molecule has 1 spiro atoms. The summed E-state index contributed by atoms with van der Waals surface area (Å²) in [6.45, 7) is 3.13. The molecular weight excluding hydrogens is 472 g/mol. The van der Waals surface area contributed by atoms with Crippen molar-refractivity contribution in [2.45, 2.75) is 18.3 Å². The minimum Gasteiger partial charge on any atom is -0.307 e. The Balaban J connectivity index is 1.34. The maximum atomic E-state index is 14.3. The number of amides is 1. The molecule has 1 fully saturated rings. The van der Waals surface area contributed by atoms with E-state index in [0.717, 1.165) is 43.7 Å². The van der Waals surface area contributed by atoms with Gasteiger partial charge in [-0.05, 0) is 67.4 Å². The van der Waals surface area contributed by atoms with E-state index in [9.17, 15) is 9.18 Å². The van der Waals surface area contributed by atoms with Gasteiger partial charge < -0.3 is 4.90 Å². The molecule has 2 aromatic carbocycles. The summed E-state index contributed by atoms with van der Waals surface area (Å²) in [6.07, 6.45) is 6.02. The van der Waals surface area contributed by atoms with Crippen LogP contribution in [-0.2, 0) is 5.41 Å². The van der Waals surface area contributed by atoms with Gasteiger partial charge in [0.2, 0.25) is 0 Å². The van der Waals surface area contributed by atoms with Crippen LogP contribution in [0.25, 0.3) is 6.08 Å². The van der Waals surface area contributed by atoms with Gasteiger partial charge in [-0.15, -0.1) is 0 Å².